The van der Waals surface area contributed by atoms with Gasteiger partial charge in [0.05, 0.1) is 6.67 Å². The van der Waals surface area contributed by atoms with Gasteiger partial charge in [-0.2, -0.15) is 5.26 Å². The van der Waals surface area contributed by atoms with E-state index in [0.717, 1.165) is 26.2 Å². The molecule has 0 unspecified atom stereocenters. The summed E-state index contributed by atoms with van der Waals surface area (Å²) >= 11 is 0. The quantitative estimate of drug-likeness (QED) is 0.860. The van der Waals surface area contributed by atoms with Crippen molar-refractivity contribution in [2.75, 3.05) is 31.1 Å². The number of rotatable bonds is 3. The Morgan fingerprint density at radius 3 is 2.68 bits per heavy atom. The molecule has 0 aliphatic carbocycles. The fraction of sp³-hybridized carbons (Fsp3) is 0.438. The molecule has 0 bridgehead atoms. The van der Waals surface area contributed by atoms with Gasteiger partial charge in [0, 0.05) is 31.9 Å². The van der Waals surface area contributed by atoms with Crippen LogP contribution in [0.3, 0.4) is 0 Å². The van der Waals surface area contributed by atoms with Crippen molar-refractivity contribution in [1.82, 2.24) is 19.7 Å². The molecule has 0 spiro atoms. The highest BCUT2D eigenvalue weighted by molar-refractivity contribution is 5.56. The van der Waals surface area contributed by atoms with Crippen LogP contribution in [0, 0.1) is 25.2 Å². The number of nitrogens with zero attached hydrogens (tertiary/aromatic N) is 6. The maximum absolute atomic E-state index is 8.98. The molecule has 0 N–H and O–H groups in total. The predicted octanol–water partition coefficient (Wildman–Crippen LogP) is 1.55. The van der Waals surface area contributed by atoms with E-state index in [2.05, 4.69) is 58.1 Å². The lowest BCUT2D eigenvalue weighted by molar-refractivity contribution is 0.205. The fourth-order valence-corrected chi connectivity index (χ4v) is 2.87. The molecule has 1 aromatic heterocycles. The molecule has 1 aliphatic heterocycles. The molecular formula is C16H20N6. The molecule has 6 nitrogen and oxygen atoms in total. The van der Waals surface area contributed by atoms with Gasteiger partial charge >= 0.3 is 0 Å². The molecule has 1 saturated heterocycles. The normalized spacial score (nSPS) is 15.8. The Balaban J connectivity index is 1.63. The van der Waals surface area contributed by atoms with E-state index in [0.29, 0.717) is 12.5 Å². The Labute approximate surface area is 130 Å². The van der Waals surface area contributed by atoms with E-state index >= 15 is 0 Å². The van der Waals surface area contributed by atoms with E-state index in [1.54, 1.807) is 10.9 Å². The number of benzene rings is 1. The van der Waals surface area contributed by atoms with Crippen LogP contribution >= 0.6 is 0 Å². The van der Waals surface area contributed by atoms with Crippen LogP contribution in [0.15, 0.2) is 24.5 Å². The molecule has 3 rings (SSSR count). The van der Waals surface area contributed by atoms with Crippen LogP contribution in [0.2, 0.25) is 0 Å². The molecule has 0 amide bonds. The molecule has 0 atom stereocenters. The lowest BCUT2D eigenvalue weighted by atomic mass is 10.1. The smallest absolute Gasteiger partial charge is 0.235 e. The van der Waals surface area contributed by atoms with Crippen LogP contribution in [0.25, 0.3) is 0 Å². The summed E-state index contributed by atoms with van der Waals surface area (Å²) in [7, 11) is 0. The maximum Gasteiger partial charge on any atom is 0.235 e. The number of nitriles is 1. The van der Waals surface area contributed by atoms with Crippen molar-refractivity contribution in [3.05, 3.63) is 41.5 Å². The predicted molar refractivity (Wildman–Crippen MR) is 84.4 cm³/mol. The SMILES string of the molecule is Cc1cccc(N2CCN(Cn3cnnc3C#N)CC2)c1C. The zero-order valence-corrected chi connectivity index (χ0v) is 13.0. The van der Waals surface area contributed by atoms with Crippen molar-refractivity contribution in [3.63, 3.8) is 0 Å². The van der Waals surface area contributed by atoms with Crippen LogP contribution in [-0.4, -0.2) is 45.8 Å². The molecule has 1 aliphatic rings. The van der Waals surface area contributed by atoms with Gasteiger partial charge in [0.2, 0.25) is 5.82 Å². The van der Waals surface area contributed by atoms with Crippen molar-refractivity contribution in [2.45, 2.75) is 20.5 Å². The van der Waals surface area contributed by atoms with Crippen LogP contribution in [0.4, 0.5) is 5.69 Å². The van der Waals surface area contributed by atoms with E-state index in [1.165, 1.54) is 16.8 Å². The Hall–Kier alpha value is -2.39. The zero-order chi connectivity index (χ0) is 15.5. The third-order valence-corrected chi connectivity index (χ3v) is 4.36. The number of piperazine rings is 1. The molecule has 2 aromatic rings. The van der Waals surface area contributed by atoms with Crippen LogP contribution < -0.4 is 4.90 Å². The first-order valence-electron chi connectivity index (χ1n) is 7.50. The Kier molecular flexibility index (Phi) is 4.07. The summed E-state index contributed by atoms with van der Waals surface area (Å²) < 4.78 is 1.80. The second kappa shape index (κ2) is 6.16. The lowest BCUT2D eigenvalue weighted by Crippen LogP contribution is -2.47. The lowest BCUT2D eigenvalue weighted by Gasteiger charge is -2.37. The topological polar surface area (TPSA) is 61.0 Å². The number of aryl methyl sites for hydroxylation is 1. The summed E-state index contributed by atoms with van der Waals surface area (Å²) in [6, 6.07) is 8.55. The third kappa shape index (κ3) is 2.81. The Bertz CT molecular complexity index is 691. The van der Waals surface area contributed by atoms with Crippen LogP contribution in [0.1, 0.15) is 17.0 Å². The fourth-order valence-electron chi connectivity index (χ4n) is 2.87. The summed E-state index contributed by atoms with van der Waals surface area (Å²) in [5.74, 6) is 0.372. The van der Waals surface area contributed by atoms with Crippen molar-refractivity contribution in [2.24, 2.45) is 0 Å². The molecule has 6 heteroatoms. The minimum absolute atomic E-state index is 0.372. The monoisotopic (exact) mass is 296 g/mol. The van der Waals surface area contributed by atoms with Crippen molar-refractivity contribution in [3.8, 4) is 6.07 Å². The molecular weight excluding hydrogens is 276 g/mol. The van der Waals surface area contributed by atoms with Crippen molar-refractivity contribution >= 4 is 5.69 Å². The molecule has 1 fully saturated rings. The number of anilines is 1. The molecule has 114 valence electrons. The number of aromatic nitrogens is 3. The van der Waals surface area contributed by atoms with Crippen LogP contribution in [0.5, 0.6) is 0 Å². The third-order valence-electron chi connectivity index (χ3n) is 4.36. The van der Waals surface area contributed by atoms with Gasteiger partial charge < -0.3 is 4.90 Å². The highest BCUT2D eigenvalue weighted by Crippen LogP contribution is 2.23. The minimum Gasteiger partial charge on any atom is -0.369 e. The first-order chi connectivity index (χ1) is 10.7. The van der Waals surface area contributed by atoms with Gasteiger partial charge in [0.15, 0.2) is 0 Å². The maximum atomic E-state index is 8.98. The van der Waals surface area contributed by atoms with Crippen molar-refractivity contribution < 1.29 is 0 Å². The largest absolute Gasteiger partial charge is 0.369 e. The van der Waals surface area contributed by atoms with Gasteiger partial charge in [-0.1, -0.05) is 12.1 Å². The van der Waals surface area contributed by atoms with Gasteiger partial charge in [0.1, 0.15) is 12.4 Å². The van der Waals surface area contributed by atoms with Crippen LogP contribution in [-0.2, 0) is 6.67 Å². The van der Waals surface area contributed by atoms with Crippen molar-refractivity contribution in [1.29, 1.82) is 5.26 Å². The molecule has 0 radical (unpaired) electrons. The molecule has 1 aromatic carbocycles. The van der Waals surface area contributed by atoms with Gasteiger partial charge in [0.25, 0.3) is 0 Å². The number of hydrogen-bond acceptors (Lipinski definition) is 5. The summed E-state index contributed by atoms with van der Waals surface area (Å²) in [5.41, 5.74) is 4.03. The highest BCUT2D eigenvalue weighted by Gasteiger charge is 2.19. The number of hydrogen-bond donors (Lipinski definition) is 0. The molecule has 0 saturated carbocycles. The molecule has 2 heterocycles. The average molecular weight is 296 g/mol. The second-order valence-corrected chi connectivity index (χ2v) is 5.70. The Morgan fingerprint density at radius 2 is 1.95 bits per heavy atom. The second-order valence-electron chi connectivity index (χ2n) is 5.70. The van der Waals surface area contributed by atoms with E-state index in [-0.39, 0.29) is 0 Å². The van der Waals surface area contributed by atoms with Gasteiger partial charge in [-0.25, -0.2) is 0 Å². The summed E-state index contributed by atoms with van der Waals surface area (Å²) in [6.07, 6.45) is 1.62. The molecule has 22 heavy (non-hydrogen) atoms. The first-order valence-corrected chi connectivity index (χ1v) is 7.50. The first kappa shape index (κ1) is 14.5. The highest BCUT2D eigenvalue weighted by atomic mass is 15.4. The Morgan fingerprint density at radius 1 is 1.18 bits per heavy atom. The van der Waals surface area contributed by atoms with E-state index in [9.17, 15) is 0 Å². The van der Waals surface area contributed by atoms with Gasteiger partial charge in [-0.15, -0.1) is 10.2 Å². The minimum atomic E-state index is 0.372. The van der Waals surface area contributed by atoms with Gasteiger partial charge in [-0.05, 0) is 31.0 Å². The summed E-state index contributed by atoms with van der Waals surface area (Å²) in [4.78, 5) is 4.77. The average Bonchev–Trinajstić information content (AvgIpc) is 2.98. The standard InChI is InChI=1S/C16H20N6/c1-13-4-3-5-15(14(13)2)21-8-6-20(7-9-21)12-22-11-18-19-16(22)10-17/h3-5,11H,6-9,12H2,1-2H3. The van der Waals surface area contributed by atoms with E-state index < -0.39 is 0 Å². The van der Waals surface area contributed by atoms with Gasteiger partial charge in [-0.3, -0.25) is 9.47 Å². The summed E-state index contributed by atoms with van der Waals surface area (Å²) in [5, 5.41) is 16.6. The summed E-state index contributed by atoms with van der Waals surface area (Å²) in [6.45, 7) is 8.95. The van der Waals surface area contributed by atoms with E-state index in [1.807, 2.05) is 0 Å². The van der Waals surface area contributed by atoms with E-state index in [4.69, 9.17) is 5.26 Å². The zero-order valence-electron chi connectivity index (χ0n) is 13.0.